The normalized spacial score (nSPS) is 11.7. The third kappa shape index (κ3) is 2.22. The zero-order valence-electron chi connectivity index (χ0n) is 13.5. The van der Waals surface area contributed by atoms with Gasteiger partial charge in [0.25, 0.3) is 0 Å². The van der Waals surface area contributed by atoms with Crippen LogP contribution in [0, 0.1) is 0 Å². The van der Waals surface area contributed by atoms with E-state index < -0.39 is 0 Å². The van der Waals surface area contributed by atoms with Crippen molar-refractivity contribution in [3.8, 4) is 22.5 Å². The van der Waals surface area contributed by atoms with E-state index in [1.54, 1.807) is 17.5 Å². The van der Waals surface area contributed by atoms with Gasteiger partial charge in [0, 0.05) is 52.1 Å². The van der Waals surface area contributed by atoms with Gasteiger partial charge in [-0.25, -0.2) is 4.98 Å². The molecule has 0 amide bonds. The van der Waals surface area contributed by atoms with E-state index in [9.17, 15) is 0 Å². The molecule has 0 N–H and O–H groups in total. The maximum absolute atomic E-state index is 4.78. The average molecular weight is 405 g/mol. The summed E-state index contributed by atoms with van der Waals surface area (Å²) in [5.74, 6) is 0. The van der Waals surface area contributed by atoms with E-state index in [0.29, 0.717) is 0 Å². The highest BCUT2D eigenvalue weighted by Gasteiger charge is 2.18. The van der Waals surface area contributed by atoms with E-state index in [0.717, 1.165) is 53.7 Å². The fourth-order valence-electron chi connectivity index (χ4n) is 3.19. The highest BCUT2D eigenvalue weighted by Crippen LogP contribution is 2.39. The number of aromatic nitrogens is 6. The highest BCUT2D eigenvalue weighted by molar-refractivity contribution is 7.17. The Labute approximate surface area is 164 Å². The minimum atomic E-state index is 0.850. The molecule has 6 aromatic heterocycles. The molecule has 0 radical (unpaired) electrons. The van der Waals surface area contributed by atoms with E-state index in [-0.39, 0.29) is 0 Å². The molecule has 6 nitrogen and oxygen atoms in total. The Bertz CT molecular complexity index is 1340. The molecule has 0 saturated carbocycles. The van der Waals surface area contributed by atoms with Gasteiger partial charge < -0.3 is 0 Å². The molecular formula is C18H8N6S3. The first-order chi connectivity index (χ1) is 13.4. The lowest BCUT2D eigenvalue weighted by Gasteiger charge is -2.07. The lowest BCUT2D eigenvalue weighted by molar-refractivity contribution is 1.30. The quantitative estimate of drug-likeness (QED) is 0.403. The predicted molar refractivity (Wildman–Crippen MR) is 110 cm³/mol. The van der Waals surface area contributed by atoms with Crippen molar-refractivity contribution in [3.05, 3.63) is 47.9 Å². The lowest BCUT2D eigenvalue weighted by atomic mass is 10.1. The number of rotatable bonds is 2. The summed E-state index contributed by atoms with van der Waals surface area (Å²) in [5, 5.41) is 4.01. The van der Waals surface area contributed by atoms with Crippen LogP contribution < -0.4 is 0 Å². The highest BCUT2D eigenvalue weighted by atomic mass is 32.1. The zero-order valence-corrected chi connectivity index (χ0v) is 16.0. The molecule has 0 aliphatic heterocycles. The van der Waals surface area contributed by atoms with Crippen LogP contribution in [-0.4, -0.2) is 28.7 Å². The van der Waals surface area contributed by atoms with Crippen LogP contribution in [0.2, 0.25) is 0 Å². The van der Waals surface area contributed by atoms with Crippen LogP contribution in [-0.2, 0) is 0 Å². The van der Waals surface area contributed by atoms with Gasteiger partial charge in [-0.05, 0) is 29.1 Å². The first-order valence-electron chi connectivity index (χ1n) is 8.00. The number of nitrogens with zero attached hydrogens (tertiary/aromatic N) is 6. The molecule has 0 atom stereocenters. The minimum Gasteiger partial charge on any atom is -0.263 e. The molecule has 0 aliphatic rings. The number of pyridine rings is 3. The monoisotopic (exact) mass is 404 g/mol. The van der Waals surface area contributed by atoms with Gasteiger partial charge in [-0.2, -0.15) is 8.75 Å². The first-order valence-corrected chi connectivity index (χ1v) is 10.5. The fraction of sp³-hybridized carbons (Fsp3) is 0. The maximum Gasteiger partial charge on any atom is 0.0965 e. The van der Waals surface area contributed by atoms with Gasteiger partial charge in [0.15, 0.2) is 0 Å². The van der Waals surface area contributed by atoms with Crippen molar-refractivity contribution in [2.24, 2.45) is 0 Å². The Morgan fingerprint density at radius 1 is 0.852 bits per heavy atom. The van der Waals surface area contributed by atoms with Crippen molar-refractivity contribution < 1.29 is 0 Å². The molecule has 6 heterocycles. The number of thiazole rings is 1. The van der Waals surface area contributed by atoms with E-state index in [1.807, 2.05) is 41.7 Å². The van der Waals surface area contributed by atoms with Crippen molar-refractivity contribution in [2.75, 3.05) is 0 Å². The van der Waals surface area contributed by atoms with Crippen LogP contribution in [0.4, 0.5) is 0 Å². The summed E-state index contributed by atoms with van der Waals surface area (Å²) in [6.45, 7) is 0. The van der Waals surface area contributed by atoms with Gasteiger partial charge in [-0.3, -0.25) is 15.0 Å². The molecule has 0 fully saturated rings. The molecule has 6 aromatic rings. The summed E-state index contributed by atoms with van der Waals surface area (Å²) in [7, 11) is 0. The zero-order chi connectivity index (χ0) is 17.8. The molecule has 0 bridgehead atoms. The molecule has 9 heteroatoms. The summed E-state index contributed by atoms with van der Waals surface area (Å²) in [6, 6.07) is 1.93. The second kappa shape index (κ2) is 5.81. The molecule has 0 spiro atoms. The Morgan fingerprint density at radius 2 is 1.85 bits per heavy atom. The molecule has 0 unspecified atom stereocenters. The van der Waals surface area contributed by atoms with Crippen molar-refractivity contribution in [3.63, 3.8) is 0 Å². The van der Waals surface area contributed by atoms with Gasteiger partial charge >= 0.3 is 0 Å². The first kappa shape index (κ1) is 15.2. The SMILES string of the molecule is c1cc2ncsc2c(-c2cnc(-c3cncc4csnc34)c3cnsc23)n1. The van der Waals surface area contributed by atoms with E-state index >= 15 is 0 Å². The molecule has 6 rings (SSSR count). The predicted octanol–water partition coefficient (Wildman–Crippen LogP) is 5.03. The second-order valence-corrected chi connectivity index (χ2v) is 8.17. The van der Waals surface area contributed by atoms with Gasteiger partial charge in [0.2, 0.25) is 0 Å². The Morgan fingerprint density at radius 3 is 2.85 bits per heavy atom. The summed E-state index contributed by atoms with van der Waals surface area (Å²) in [4.78, 5) is 18.1. The van der Waals surface area contributed by atoms with Gasteiger partial charge in [-0.15, -0.1) is 11.3 Å². The van der Waals surface area contributed by atoms with Crippen LogP contribution in [0.15, 0.2) is 47.9 Å². The van der Waals surface area contributed by atoms with Crippen LogP contribution in [0.1, 0.15) is 0 Å². The minimum absolute atomic E-state index is 0.850. The topological polar surface area (TPSA) is 77.3 Å². The summed E-state index contributed by atoms with van der Waals surface area (Å²) in [6.07, 6.45) is 9.18. The Hall–Kier alpha value is -2.88. The average Bonchev–Trinajstić information content (AvgIpc) is 3.46. The third-order valence-electron chi connectivity index (χ3n) is 4.42. The molecule has 27 heavy (non-hydrogen) atoms. The largest absolute Gasteiger partial charge is 0.263 e. The van der Waals surface area contributed by atoms with Crippen molar-refractivity contribution >= 4 is 65.6 Å². The smallest absolute Gasteiger partial charge is 0.0965 e. The molecule has 0 aromatic carbocycles. The number of hydrogen-bond donors (Lipinski definition) is 0. The fourth-order valence-corrected chi connectivity index (χ4v) is 5.39. The number of hydrogen-bond acceptors (Lipinski definition) is 9. The van der Waals surface area contributed by atoms with Crippen molar-refractivity contribution in [1.82, 2.24) is 28.7 Å². The third-order valence-corrected chi connectivity index (χ3v) is 6.75. The molecule has 0 aliphatic carbocycles. The van der Waals surface area contributed by atoms with E-state index in [2.05, 4.69) is 23.7 Å². The van der Waals surface area contributed by atoms with Gasteiger partial charge in [0.1, 0.15) is 0 Å². The van der Waals surface area contributed by atoms with Crippen LogP contribution >= 0.6 is 34.4 Å². The van der Waals surface area contributed by atoms with Crippen molar-refractivity contribution in [2.45, 2.75) is 0 Å². The summed E-state index contributed by atoms with van der Waals surface area (Å²) >= 11 is 4.47. The lowest BCUT2D eigenvalue weighted by Crippen LogP contribution is -1.91. The summed E-state index contributed by atoms with van der Waals surface area (Å²) < 4.78 is 11.1. The second-order valence-electron chi connectivity index (χ2n) is 5.89. The maximum atomic E-state index is 4.78. The summed E-state index contributed by atoms with van der Waals surface area (Å²) in [5.41, 5.74) is 7.36. The van der Waals surface area contributed by atoms with Crippen LogP contribution in [0.3, 0.4) is 0 Å². The van der Waals surface area contributed by atoms with E-state index in [1.165, 1.54) is 23.1 Å². The van der Waals surface area contributed by atoms with E-state index in [4.69, 9.17) is 4.98 Å². The molecule has 128 valence electrons. The standard InChI is InChI=1S/C18H8N6S3/c1-2-20-16(18-13(1)22-8-25-18)11-5-21-15(12-6-23-27-17(11)12)10-4-19-3-9-7-26-24-14(9)10/h1-8H. The Kier molecular flexibility index (Phi) is 3.27. The van der Waals surface area contributed by atoms with Gasteiger partial charge in [0.05, 0.1) is 43.5 Å². The van der Waals surface area contributed by atoms with Crippen LogP contribution in [0.25, 0.3) is 53.7 Å². The van der Waals surface area contributed by atoms with Crippen LogP contribution in [0.5, 0.6) is 0 Å². The number of fused-ring (bicyclic) bond motifs is 3. The van der Waals surface area contributed by atoms with Crippen molar-refractivity contribution in [1.29, 1.82) is 0 Å². The van der Waals surface area contributed by atoms with Gasteiger partial charge in [-0.1, -0.05) is 0 Å². The molecular weight excluding hydrogens is 396 g/mol. The Balaban J connectivity index is 1.66. The molecule has 0 saturated heterocycles.